The molecule has 0 N–H and O–H groups in total. The topological polar surface area (TPSA) is 76.4 Å². The summed E-state index contributed by atoms with van der Waals surface area (Å²) in [5.41, 5.74) is 3.70. The van der Waals surface area contributed by atoms with Crippen molar-refractivity contribution in [3.63, 3.8) is 0 Å². The van der Waals surface area contributed by atoms with Crippen LogP contribution in [0.15, 0.2) is 95.5 Å². The van der Waals surface area contributed by atoms with Gasteiger partial charge < -0.3 is 9.64 Å². The number of amides is 1. The maximum absolute atomic E-state index is 13.2. The van der Waals surface area contributed by atoms with Gasteiger partial charge in [0.25, 0.3) is 5.91 Å². The first-order chi connectivity index (χ1) is 20.2. The summed E-state index contributed by atoms with van der Waals surface area (Å²) in [6.45, 7) is 4.05. The van der Waals surface area contributed by atoms with Crippen LogP contribution in [0.25, 0.3) is 17.1 Å². The summed E-state index contributed by atoms with van der Waals surface area (Å²) >= 11 is 3.07. The monoisotopic (exact) mass is 582 g/mol. The molecule has 1 aliphatic heterocycles. The minimum atomic E-state index is 0.00428. The van der Waals surface area contributed by atoms with Crippen molar-refractivity contribution < 1.29 is 9.53 Å². The molecule has 0 radical (unpaired) electrons. The van der Waals surface area contributed by atoms with E-state index in [1.165, 1.54) is 16.9 Å². The van der Waals surface area contributed by atoms with Crippen molar-refractivity contribution in [2.75, 3.05) is 33.3 Å². The lowest BCUT2D eigenvalue weighted by molar-refractivity contribution is 0.0623. The number of nitrogens with zero attached hydrogens (tertiary/aromatic N) is 6. The highest BCUT2D eigenvalue weighted by atomic mass is 32.2. The molecule has 8 nitrogen and oxygen atoms in total. The van der Waals surface area contributed by atoms with Gasteiger partial charge in [0, 0.05) is 49.4 Å². The molecular formula is C31H30N6O2S2. The van der Waals surface area contributed by atoms with Crippen molar-refractivity contribution in [3.8, 4) is 22.8 Å². The van der Waals surface area contributed by atoms with Crippen molar-refractivity contribution in [3.05, 3.63) is 107 Å². The van der Waals surface area contributed by atoms with E-state index in [2.05, 4.69) is 39.4 Å². The van der Waals surface area contributed by atoms with Gasteiger partial charge in [-0.1, -0.05) is 72.4 Å². The standard InChI is InChI=1S/C31H30N6O2S2/c1-39-26-14-8-11-24(19-26)29-33-34-31(37(29)25-12-6-3-7-13-25)41-22-28-32-27(21-40-28)30(38)36-17-15-35(16-18-36)20-23-9-4-2-5-10-23/h2-14,19,21H,15-18,20,22H2,1H3. The molecule has 208 valence electrons. The molecule has 0 unspecified atom stereocenters. The SMILES string of the molecule is COc1cccc(-c2nnc(SCc3nc(C(=O)N4CCN(Cc5ccccc5)CC4)cs3)n2-c2ccccc2)c1. The van der Waals surface area contributed by atoms with E-state index >= 15 is 0 Å². The largest absolute Gasteiger partial charge is 0.497 e. The van der Waals surface area contributed by atoms with E-state index < -0.39 is 0 Å². The summed E-state index contributed by atoms with van der Waals surface area (Å²) in [6, 6.07) is 28.3. The van der Waals surface area contributed by atoms with Gasteiger partial charge in [-0.3, -0.25) is 14.3 Å². The normalized spacial score (nSPS) is 13.8. The van der Waals surface area contributed by atoms with Crippen LogP contribution in [-0.2, 0) is 12.3 Å². The van der Waals surface area contributed by atoms with Crippen LogP contribution in [0.4, 0.5) is 0 Å². The number of thioether (sulfide) groups is 1. The Morgan fingerprint density at radius 1 is 0.927 bits per heavy atom. The second kappa shape index (κ2) is 12.7. The lowest BCUT2D eigenvalue weighted by atomic mass is 10.2. The third-order valence-corrected chi connectivity index (χ3v) is 8.95. The summed E-state index contributed by atoms with van der Waals surface area (Å²) in [5, 5.41) is 12.6. The Hall–Kier alpha value is -3.99. The Kier molecular flexibility index (Phi) is 8.41. The minimum absolute atomic E-state index is 0.00428. The number of hydrogen-bond donors (Lipinski definition) is 0. The minimum Gasteiger partial charge on any atom is -0.497 e. The Morgan fingerprint density at radius 2 is 1.68 bits per heavy atom. The fourth-order valence-corrected chi connectivity index (χ4v) is 6.57. The van der Waals surface area contributed by atoms with Crippen LogP contribution in [0.2, 0.25) is 0 Å². The Bertz CT molecular complexity index is 1600. The van der Waals surface area contributed by atoms with E-state index in [1.54, 1.807) is 18.9 Å². The van der Waals surface area contributed by atoms with Gasteiger partial charge in [0.15, 0.2) is 11.0 Å². The van der Waals surface area contributed by atoms with E-state index in [4.69, 9.17) is 9.72 Å². The summed E-state index contributed by atoms with van der Waals surface area (Å²) in [4.78, 5) is 22.2. The molecule has 1 amide bonds. The number of rotatable bonds is 9. The first-order valence-electron chi connectivity index (χ1n) is 13.5. The zero-order valence-electron chi connectivity index (χ0n) is 22.7. The zero-order valence-corrected chi connectivity index (χ0v) is 24.4. The van der Waals surface area contributed by atoms with Crippen LogP contribution < -0.4 is 4.74 Å². The highest BCUT2D eigenvalue weighted by molar-refractivity contribution is 7.98. The first-order valence-corrected chi connectivity index (χ1v) is 15.3. The summed E-state index contributed by atoms with van der Waals surface area (Å²) in [7, 11) is 1.65. The highest BCUT2D eigenvalue weighted by Gasteiger charge is 2.24. The summed E-state index contributed by atoms with van der Waals surface area (Å²) in [5.74, 6) is 2.09. The maximum atomic E-state index is 13.2. The number of para-hydroxylation sites is 1. The molecule has 5 aromatic rings. The van der Waals surface area contributed by atoms with Gasteiger partial charge in [-0.2, -0.15) is 0 Å². The molecule has 3 heterocycles. The molecule has 3 aromatic carbocycles. The molecular weight excluding hydrogens is 553 g/mol. The number of ether oxygens (including phenoxy) is 1. The highest BCUT2D eigenvalue weighted by Crippen LogP contribution is 2.31. The van der Waals surface area contributed by atoms with Crippen molar-refractivity contribution in [1.29, 1.82) is 0 Å². The quantitative estimate of drug-likeness (QED) is 0.208. The van der Waals surface area contributed by atoms with E-state index in [1.807, 2.05) is 75.5 Å². The fraction of sp³-hybridized carbons (Fsp3) is 0.226. The van der Waals surface area contributed by atoms with Crippen molar-refractivity contribution in [2.24, 2.45) is 0 Å². The molecule has 0 aliphatic carbocycles. The molecule has 0 bridgehead atoms. The van der Waals surface area contributed by atoms with Gasteiger partial charge in [0.05, 0.1) is 12.9 Å². The molecule has 10 heteroatoms. The van der Waals surface area contributed by atoms with E-state index in [0.717, 1.165) is 52.6 Å². The number of aromatic nitrogens is 4. The maximum Gasteiger partial charge on any atom is 0.273 e. The van der Waals surface area contributed by atoms with E-state index in [0.29, 0.717) is 24.5 Å². The van der Waals surface area contributed by atoms with Crippen LogP contribution in [0, 0.1) is 0 Å². The van der Waals surface area contributed by atoms with Crippen molar-refractivity contribution in [1.82, 2.24) is 29.5 Å². The Labute approximate surface area is 247 Å². The molecule has 6 rings (SSSR count). The van der Waals surface area contributed by atoms with Crippen LogP contribution >= 0.6 is 23.1 Å². The lowest BCUT2D eigenvalue weighted by Gasteiger charge is -2.34. The first kappa shape index (κ1) is 27.2. The van der Waals surface area contributed by atoms with Crippen LogP contribution in [-0.4, -0.2) is 68.7 Å². The van der Waals surface area contributed by atoms with Gasteiger partial charge in [-0.05, 0) is 29.8 Å². The Balaban J connectivity index is 1.12. The third kappa shape index (κ3) is 6.35. The van der Waals surface area contributed by atoms with Crippen molar-refractivity contribution in [2.45, 2.75) is 17.5 Å². The van der Waals surface area contributed by atoms with Crippen LogP contribution in [0.5, 0.6) is 5.75 Å². The second-order valence-corrected chi connectivity index (χ2v) is 11.6. The molecule has 0 saturated carbocycles. The fourth-order valence-electron chi connectivity index (χ4n) is 4.84. The molecule has 1 aliphatic rings. The zero-order chi connectivity index (χ0) is 28.0. The number of thiazole rings is 1. The van der Waals surface area contributed by atoms with E-state index in [-0.39, 0.29) is 5.91 Å². The number of piperazine rings is 1. The van der Waals surface area contributed by atoms with E-state index in [9.17, 15) is 4.79 Å². The van der Waals surface area contributed by atoms with Gasteiger partial charge in [0.1, 0.15) is 16.5 Å². The van der Waals surface area contributed by atoms with Gasteiger partial charge in [-0.25, -0.2) is 4.98 Å². The average molecular weight is 583 g/mol. The molecule has 2 aromatic heterocycles. The van der Waals surface area contributed by atoms with Crippen LogP contribution in [0.3, 0.4) is 0 Å². The smallest absolute Gasteiger partial charge is 0.273 e. The second-order valence-electron chi connectivity index (χ2n) is 9.68. The van der Waals surface area contributed by atoms with Crippen molar-refractivity contribution >= 4 is 29.0 Å². The van der Waals surface area contributed by atoms with Crippen LogP contribution in [0.1, 0.15) is 21.1 Å². The molecule has 0 atom stereocenters. The number of methoxy groups -OCH3 is 1. The Morgan fingerprint density at radius 3 is 2.44 bits per heavy atom. The van der Waals surface area contributed by atoms with Gasteiger partial charge in [0.2, 0.25) is 0 Å². The predicted molar refractivity (Wildman–Crippen MR) is 163 cm³/mol. The number of carbonyl (C=O) groups is 1. The molecule has 41 heavy (non-hydrogen) atoms. The summed E-state index contributed by atoms with van der Waals surface area (Å²) in [6.07, 6.45) is 0. The number of carbonyl (C=O) groups excluding carboxylic acids is 1. The molecule has 1 fully saturated rings. The third-order valence-electron chi connectivity index (χ3n) is 6.98. The lowest BCUT2D eigenvalue weighted by Crippen LogP contribution is -2.48. The number of benzene rings is 3. The number of hydrogen-bond acceptors (Lipinski definition) is 8. The molecule has 1 saturated heterocycles. The summed E-state index contributed by atoms with van der Waals surface area (Å²) < 4.78 is 7.48. The molecule has 0 spiro atoms. The van der Waals surface area contributed by atoms with Gasteiger partial charge >= 0.3 is 0 Å². The van der Waals surface area contributed by atoms with Gasteiger partial charge in [-0.15, -0.1) is 21.5 Å². The predicted octanol–water partition coefficient (Wildman–Crippen LogP) is 5.65. The average Bonchev–Trinajstić information content (AvgIpc) is 3.69.